The summed E-state index contributed by atoms with van der Waals surface area (Å²) < 4.78 is 1.79. The maximum absolute atomic E-state index is 6.34. The van der Waals surface area contributed by atoms with Gasteiger partial charge < -0.3 is 0 Å². The summed E-state index contributed by atoms with van der Waals surface area (Å²) in [7, 11) is 0. The highest BCUT2D eigenvalue weighted by atomic mass is 35.5. The molecule has 0 spiro atoms. The highest BCUT2D eigenvalue weighted by Crippen LogP contribution is 2.26. The van der Waals surface area contributed by atoms with Crippen molar-refractivity contribution in [2.45, 2.75) is 6.92 Å². The van der Waals surface area contributed by atoms with Crippen LogP contribution in [-0.2, 0) is 0 Å². The number of benzene rings is 2. The standard InChI is InChI=1S/C16H11ClN4/c1-10-6-8-11(9-7-10)14-19-20-15-12-4-2-3-5-13(12)18-16(17)21(14)15/h2-9H,1H3. The van der Waals surface area contributed by atoms with Gasteiger partial charge >= 0.3 is 0 Å². The molecule has 102 valence electrons. The number of aryl methyl sites for hydroxylation is 1. The second kappa shape index (κ2) is 4.53. The number of halogens is 1. The number of fused-ring (bicyclic) bond motifs is 3. The lowest BCUT2D eigenvalue weighted by Crippen LogP contribution is -1.95. The third-order valence-electron chi connectivity index (χ3n) is 3.51. The molecule has 4 rings (SSSR count). The number of para-hydroxylation sites is 1. The Morgan fingerprint density at radius 3 is 2.52 bits per heavy atom. The normalized spacial score (nSPS) is 11.3. The molecular formula is C16H11ClN4. The Kier molecular flexibility index (Phi) is 2.65. The molecular weight excluding hydrogens is 284 g/mol. The Bertz CT molecular complexity index is 957. The monoisotopic (exact) mass is 294 g/mol. The summed E-state index contributed by atoms with van der Waals surface area (Å²) in [6.07, 6.45) is 0. The molecule has 0 aliphatic rings. The van der Waals surface area contributed by atoms with Gasteiger partial charge in [-0.2, -0.15) is 0 Å². The third-order valence-corrected chi connectivity index (χ3v) is 3.77. The summed E-state index contributed by atoms with van der Waals surface area (Å²) in [6, 6.07) is 15.9. The van der Waals surface area contributed by atoms with Gasteiger partial charge in [-0.15, -0.1) is 10.2 Å². The molecule has 4 nitrogen and oxygen atoms in total. The third kappa shape index (κ3) is 1.87. The van der Waals surface area contributed by atoms with Gasteiger partial charge in [-0.05, 0) is 30.7 Å². The summed E-state index contributed by atoms with van der Waals surface area (Å²) in [5.74, 6) is 0.702. The van der Waals surface area contributed by atoms with E-state index in [1.165, 1.54) is 5.56 Å². The first kappa shape index (κ1) is 12.3. The van der Waals surface area contributed by atoms with E-state index in [1.54, 1.807) is 4.40 Å². The molecule has 4 aromatic rings. The zero-order valence-electron chi connectivity index (χ0n) is 11.3. The summed E-state index contributed by atoms with van der Waals surface area (Å²) in [4.78, 5) is 4.43. The lowest BCUT2D eigenvalue weighted by Gasteiger charge is -2.04. The molecule has 2 aromatic carbocycles. The molecule has 21 heavy (non-hydrogen) atoms. The fourth-order valence-corrected chi connectivity index (χ4v) is 2.68. The molecule has 0 saturated carbocycles. The number of nitrogens with zero attached hydrogens (tertiary/aromatic N) is 4. The topological polar surface area (TPSA) is 43.1 Å². The second-order valence-corrected chi connectivity index (χ2v) is 5.28. The molecule has 0 amide bonds. The average molecular weight is 295 g/mol. The first-order valence-electron chi connectivity index (χ1n) is 6.60. The average Bonchev–Trinajstić information content (AvgIpc) is 2.94. The van der Waals surface area contributed by atoms with E-state index in [2.05, 4.69) is 15.2 Å². The van der Waals surface area contributed by atoms with E-state index >= 15 is 0 Å². The van der Waals surface area contributed by atoms with Crippen LogP contribution in [0.3, 0.4) is 0 Å². The lowest BCUT2D eigenvalue weighted by atomic mass is 10.1. The highest BCUT2D eigenvalue weighted by molar-refractivity contribution is 6.29. The van der Waals surface area contributed by atoms with Crippen molar-refractivity contribution in [2.75, 3.05) is 0 Å². The second-order valence-electron chi connectivity index (χ2n) is 4.95. The largest absolute Gasteiger partial charge is 0.248 e. The van der Waals surface area contributed by atoms with Crippen LogP contribution in [0.1, 0.15) is 5.56 Å². The quantitative estimate of drug-likeness (QED) is 0.500. The fraction of sp³-hybridized carbons (Fsp3) is 0.0625. The van der Waals surface area contributed by atoms with Gasteiger partial charge in [-0.3, -0.25) is 0 Å². The minimum atomic E-state index is 0.365. The SMILES string of the molecule is Cc1ccc(-c2nnc3c4ccccc4nc(Cl)n23)cc1. The Labute approximate surface area is 126 Å². The van der Waals surface area contributed by atoms with E-state index < -0.39 is 0 Å². The van der Waals surface area contributed by atoms with E-state index in [4.69, 9.17) is 11.6 Å². The zero-order valence-corrected chi connectivity index (χ0v) is 12.0. The fourth-order valence-electron chi connectivity index (χ4n) is 2.43. The van der Waals surface area contributed by atoms with Crippen molar-refractivity contribution in [1.82, 2.24) is 19.6 Å². The highest BCUT2D eigenvalue weighted by Gasteiger charge is 2.14. The summed E-state index contributed by atoms with van der Waals surface area (Å²) in [5, 5.41) is 9.89. The van der Waals surface area contributed by atoms with Crippen LogP contribution in [0.5, 0.6) is 0 Å². The molecule has 2 aromatic heterocycles. The molecule has 0 atom stereocenters. The van der Waals surface area contributed by atoms with Crippen molar-refractivity contribution in [3.63, 3.8) is 0 Å². The summed E-state index contributed by atoms with van der Waals surface area (Å²) in [6.45, 7) is 2.05. The Hall–Kier alpha value is -2.46. The minimum absolute atomic E-state index is 0.365. The summed E-state index contributed by atoms with van der Waals surface area (Å²) >= 11 is 6.34. The first-order chi connectivity index (χ1) is 10.2. The Balaban J connectivity index is 2.08. The van der Waals surface area contributed by atoms with E-state index in [9.17, 15) is 0 Å². The predicted molar refractivity (Wildman–Crippen MR) is 83.5 cm³/mol. The van der Waals surface area contributed by atoms with Crippen LogP contribution in [-0.4, -0.2) is 19.6 Å². The molecule has 0 N–H and O–H groups in total. The molecule has 0 fully saturated rings. The first-order valence-corrected chi connectivity index (χ1v) is 6.98. The number of aromatic nitrogens is 4. The van der Waals surface area contributed by atoms with Crippen molar-refractivity contribution in [3.05, 3.63) is 59.4 Å². The van der Waals surface area contributed by atoms with Crippen molar-refractivity contribution < 1.29 is 0 Å². The number of hydrogen-bond donors (Lipinski definition) is 0. The molecule has 0 saturated heterocycles. The van der Waals surface area contributed by atoms with E-state index in [0.29, 0.717) is 11.1 Å². The predicted octanol–water partition coefficient (Wildman–Crippen LogP) is 3.91. The molecule has 0 aliphatic carbocycles. The van der Waals surface area contributed by atoms with Crippen LogP contribution < -0.4 is 0 Å². The van der Waals surface area contributed by atoms with Crippen molar-refractivity contribution in [2.24, 2.45) is 0 Å². The van der Waals surface area contributed by atoms with Gasteiger partial charge in [0.1, 0.15) is 0 Å². The van der Waals surface area contributed by atoms with Crippen LogP contribution in [0.4, 0.5) is 0 Å². The van der Waals surface area contributed by atoms with Crippen molar-refractivity contribution >= 4 is 28.2 Å². The van der Waals surface area contributed by atoms with E-state index in [1.807, 2.05) is 55.5 Å². The van der Waals surface area contributed by atoms with Crippen LogP contribution in [0.2, 0.25) is 5.28 Å². The molecule has 0 radical (unpaired) electrons. The molecule has 0 unspecified atom stereocenters. The van der Waals surface area contributed by atoms with Crippen LogP contribution in [0, 0.1) is 6.92 Å². The minimum Gasteiger partial charge on any atom is -0.248 e. The lowest BCUT2D eigenvalue weighted by molar-refractivity contribution is 1.09. The van der Waals surface area contributed by atoms with Gasteiger partial charge in [0.05, 0.1) is 5.52 Å². The Morgan fingerprint density at radius 2 is 1.71 bits per heavy atom. The zero-order chi connectivity index (χ0) is 14.4. The van der Waals surface area contributed by atoms with Crippen LogP contribution in [0.15, 0.2) is 48.5 Å². The Morgan fingerprint density at radius 1 is 0.952 bits per heavy atom. The van der Waals surface area contributed by atoms with Crippen molar-refractivity contribution in [3.8, 4) is 11.4 Å². The smallest absolute Gasteiger partial charge is 0.210 e. The van der Waals surface area contributed by atoms with Crippen molar-refractivity contribution in [1.29, 1.82) is 0 Å². The van der Waals surface area contributed by atoms with Gasteiger partial charge in [0.25, 0.3) is 0 Å². The maximum atomic E-state index is 6.34. The van der Waals surface area contributed by atoms with Crippen LogP contribution in [0.25, 0.3) is 27.9 Å². The summed E-state index contributed by atoms with van der Waals surface area (Å²) in [5.41, 5.74) is 3.70. The molecule has 5 heteroatoms. The number of rotatable bonds is 1. The van der Waals surface area contributed by atoms with Gasteiger partial charge in [0, 0.05) is 10.9 Å². The molecule has 0 bridgehead atoms. The molecule has 2 heterocycles. The van der Waals surface area contributed by atoms with Crippen LogP contribution >= 0.6 is 11.6 Å². The molecule has 0 aliphatic heterocycles. The van der Waals surface area contributed by atoms with E-state index in [-0.39, 0.29) is 0 Å². The maximum Gasteiger partial charge on any atom is 0.210 e. The van der Waals surface area contributed by atoms with Gasteiger partial charge in [0.15, 0.2) is 11.5 Å². The van der Waals surface area contributed by atoms with Gasteiger partial charge in [-0.25, -0.2) is 9.38 Å². The van der Waals surface area contributed by atoms with Gasteiger partial charge in [-0.1, -0.05) is 42.0 Å². The van der Waals surface area contributed by atoms with E-state index in [0.717, 1.165) is 22.1 Å². The van der Waals surface area contributed by atoms with Gasteiger partial charge in [0.2, 0.25) is 5.28 Å². The number of hydrogen-bond acceptors (Lipinski definition) is 3.